The van der Waals surface area contributed by atoms with Crippen molar-refractivity contribution < 1.29 is 27.9 Å². The van der Waals surface area contributed by atoms with Gasteiger partial charge >= 0.3 is 0 Å². The zero-order valence-corrected chi connectivity index (χ0v) is 34.4. The lowest BCUT2D eigenvalue weighted by molar-refractivity contribution is -0.135. The Morgan fingerprint density at radius 2 is 1.39 bits per heavy atom. The van der Waals surface area contributed by atoms with E-state index in [0.29, 0.717) is 99.2 Å². The minimum atomic E-state index is -0.620. The Morgan fingerprint density at radius 3 is 2.10 bits per heavy atom. The summed E-state index contributed by atoms with van der Waals surface area (Å²) in [6, 6.07) is 22.5. The Hall–Kier alpha value is -5.99. The molecule has 0 unspecified atom stereocenters. The van der Waals surface area contributed by atoms with Gasteiger partial charge in [0.25, 0.3) is 17.4 Å². The predicted molar refractivity (Wildman–Crippen MR) is 229 cm³/mol. The molecule has 0 aliphatic carbocycles. The number of nitrogens with two attached hydrogens (primary N) is 1. The van der Waals surface area contributed by atoms with E-state index < -0.39 is 23.4 Å². The number of likely N-dealkylation sites (tertiary alicyclic amines) is 2. The number of piperazine rings is 1. The van der Waals surface area contributed by atoms with E-state index in [9.17, 15) is 19.2 Å². The van der Waals surface area contributed by atoms with Gasteiger partial charge in [0.2, 0.25) is 5.91 Å². The first-order valence-electron chi connectivity index (χ1n) is 21.2. The number of carbonyl (C=O) groups excluding carboxylic acids is 3. The Balaban J connectivity index is 0.764. The molecule has 0 bridgehead atoms. The maximum Gasteiger partial charge on any atom is 0.272 e. The third-order valence-corrected chi connectivity index (χ3v) is 12.3. The van der Waals surface area contributed by atoms with Crippen molar-refractivity contribution in [3.05, 3.63) is 129 Å². The molecule has 318 valence electrons. The zero-order valence-electron chi connectivity index (χ0n) is 34.4. The van der Waals surface area contributed by atoms with E-state index in [2.05, 4.69) is 22.0 Å². The van der Waals surface area contributed by atoms with Crippen molar-refractivity contribution in [3.8, 4) is 11.1 Å². The molecule has 3 N–H and O–H groups in total. The van der Waals surface area contributed by atoms with Crippen LogP contribution in [0.3, 0.4) is 0 Å². The fourth-order valence-electron chi connectivity index (χ4n) is 8.79. The van der Waals surface area contributed by atoms with Gasteiger partial charge < -0.3 is 25.2 Å². The lowest BCUT2D eigenvalue weighted by Gasteiger charge is -2.38. The summed E-state index contributed by atoms with van der Waals surface area (Å²) >= 11 is 0. The number of hydrogen-bond acceptors (Lipinski definition) is 8. The molecule has 0 radical (unpaired) electrons. The highest BCUT2D eigenvalue weighted by Crippen LogP contribution is 2.30. The molecule has 14 heteroatoms. The fraction of sp³-hybridized carbons (Fsp3) is 0.383. The van der Waals surface area contributed by atoms with Crippen LogP contribution in [0.1, 0.15) is 70.1 Å². The summed E-state index contributed by atoms with van der Waals surface area (Å²) in [4.78, 5) is 59.6. The van der Waals surface area contributed by atoms with Gasteiger partial charge in [-0.15, -0.1) is 0 Å². The van der Waals surface area contributed by atoms with Crippen molar-refractivity contribution in [1.82, 2.24) is 29.8 Å². The van der Waals surface area contributed by atoms with Crippen LogP contribution in [0.4, 0.5) is 14.5 Å². The molecule has 12 nitrogen and oxygen atoms in total. The number of amides is 3. The molecule has 0 saturated carbocycles. The number of aryl methyl sites for hydroxylation is 1. The smallest absolute Gasteiger partial charge is 0.272 e. The van der Waals surface area contributed by atoms with E-state index in [1.54, 1.807) is 45.0 Å². The third-order valence-electron chi connectivity index (χ3n) is 12.3. The fourth-order valence-corrected chi connectivity index (χ4v) is 8.79. The second kappa shape index (κ2) is 18.3. The molecular formula is C47H51F2N7O5. The molecule has 3 aliphatic heterocycles. The van der Waals surface area contributed by atoms with Gasteiger partial charge in [0.05, 0.1) is 41.0 Å². The highest BCUT2D eigenvalue weighted by Gasteiger charge is 2.32. The van der Waals surface area contributed by atoms with Crippen molar-refractivity contribution in [3.63, 3.8) is 0 Å². The van der Waals surface area contributed by atoms with Crippen LogP contribution in [0.15, 0.2) is 83.7 Å². The van der Waals surface area contributed by atoms with Crippen LogP contribution < -0.4 is 11.3 Å². The number of benzene rings is 4. The molecule has 0 spiro atoms. The molecule has 4 aromatic carbocycles. The number of nitrogens with zero attached hydrogens (tertiary/aromatic N) is 5. The number of H-pyrrole nitrogens is 1. The van der Waals surface area contributed by atoms with Crippen LogP contribution in [0.25, 0.3) is 21.9 Å². The number of anilines is 1. The minimum absolute atomic E-state index is 0.00489. The lowest BCUT2D eigenvalue weighted by Crippen LogP contribution is -2.53. The first-order chi connectivity index (χ1) is 29.5. The largest absolute Gasteiger partial charge is 0.398 e. The Labute approximate surface area is 353 Å². The summed E-state index contributed by atoms with van der Waals surface area (Å²) in [5, 5.41) is 7.94. The van der Waals surface area contributed by atoms with Crippen LogP contribution in [0, 0.1) is 11.6 Å². The highest BCUT2D eigenvalue weighted by molar-refractivity contribution is 6.00. The minimum Gasteiger partial charge on any atom is -0.398 e. The monoisotopic (exact) mass is 831 g/mol. The molecule has 3 saturated heterocycles. The Kier molecular flexibility index (Phi) is 12.5. The normalized spacial score (nSPS) is 16.9. The SMILES string of the molecule is CCc1cccc(-c2cc(N)c(C(=O)N3CCC(OC4CCN(CC(=O)N5CCN(C(=O)c6cc(Cc7n[nH]c(=O)c8ccccc78)ccc6F)CC5)CC4)CC3)c(F)c2)c1. The maximum absolute atomic E-state index is 15.4. The number of nitrogen functional groups attached to an aromatic ring is 1. The number of carbonyl (C=O) groups is 3. The number of aromatic amines is 1. The van der Waals surface area contributed by atoms with Crippen LogP contribution >= 0.6 is 0 Å². The standard InChI is InChI=1S/C47H51F2N7O5/c1-2-30-6-5-7-32(24-30)33-27-40(49)44(41(50)28-33)47(60)55-18-14-35(15-19-55)61-34-12-16-53(17-13-34)29-43(57)54-20-22-56(23-21-54)46(59)38-25-31(10-11-39(38)48)26-42-36-8-3-4-9-37(36)45(58)52-51-42/h3-11,24-25,27-28,34-35H,2,12-23,26,29,50H2,1H3,(H,52,58). The lowest BCUT2D eigenvalue weighted by atomic mass is 9.98. The second-order valence-electron chi connectivity index (χ2n) is 16.3. The quantitative estimate of drug-likeness (QED) is 0.171. The number of piperidine rings is 2. The van der Waals surface area contributed by atoms with Crippen LogP contribution in [-0.4, -0.2) is 119 Å². The number of hydrogen-bond donors (Lipinski definition) is 2. The van der Waals surface area contributed by atoms with E-state index >= 15 is 8.78 Å². The molecule has 3 amide bonds. The summed E-state index contributed by atoms with van der Waals surface area (Å²) < 4.78 is 36.9. The molecular weight excluding hydrogens is 781 g/mol. The van der Waals surface area contributed by atoms with Gasteiger partial charge in [-0.1, -0.05) is 55.5 Å². The maximum atomic E-state index is 15.4. The van der Waals surface area contributed by atoms with Gasteiger partial charge in [0.15, 0.2) is 0 Å². The average molecular weight is 832 g/mol. The van der Waals surface area contributed by atoms with Crippen molar-refractivity contribution >= 4 is 34.2 Å². The zero-order chi connectivity index (χ0) is 42.6. The number of aromatic nitrogens is 2. The highest BCUT2D eigenvalue weighted by atomic mass is 19.1. The second-order valence-corrected chi connectivity index (χ2v) is 16.3. The molecule has 1 aromatic heterocycles. The Morgan fingerprint density at radius 1 is 0.721 bits per heavy atom. The van der Waals surface area contributed by atoms with Crippen molar-refractivity contribution in [1.29, 1.82) is 0 Å². The third kappa shape index (κ3) is 9.35. The molecule has 61 heavy (non-hydrogen) atoms. The number of rotatable bonds is 10. The summed E-state index contributed by atoms with van der Waals surface area (Å²) in [5.41, 5.74) is 9.93. The molecule has 0 atom stereocenters. The number of fused-ring (bicyclic) bond motifs is 1. The number of ether oxygens (including phenoxy) is 1. The van der Waals surface area contributed by atoms with Gasteiger partial charge in [-0.05, 0) is 84.7 Å². The van der Waals surface area contributed by atoms with Gasteiger partial charge in [-0.25, -0.2) is 13.9 Å². The summed E-state index contributed by atoms with van der Waals surface area (Å²) in [6.07, 6.45) is 4.05. The molecule has 8 rings (SSSR count). The van der Waals surface area contributed by atoms with Gasteiger partial charge in [-0.2, -0.15) is 5.10 Å². The van der Waals surface area contributed by atoms with E-state index in [0.717, 1.165) is 30.4 Å². The van der Waals surface area contributed by atoms with Crippen molar-refractivity contribution in [2.24, 2.45) is 0 Å². The van der Waals surface area contributed by atoms with Crippen LogP contribution in [-0.2, 0) is 22.4 Å². The molecule has 5 aromatic rings. The first kappa shape index (κ1) is 41.7. The number of nitrogens with one attached hydrogen (secondary N) is 1. The van der Waals surface area contributed by atoms with Gasteiger partial charge in [0.1, 0.15) is 11.6 Å². The van der Waals surface area contributed by atoms with Crippen molar-refractivity contribution in [2.75, 3.05) is 64.6 Å². The topological polar surface area (TPSA) is 145 Å². The Bertz CT molecular complexity index is 2460. The van der Waals surface area contributed by atoms with Crippen molar-refractivity contribution in [2.45, 2.75) is 57.7 Å². The van der Waals surface area contributed by atoms with E-state index in [4.69, 9.17) is 10.5 Å². The van der Waals surface area contributed by atoms with Crippen LogP contribution in [0.5, 0.6) is 0 Å². The van der Waals surface area contributed by atoms with Crippen LogP contribution in [0.2, 0.25) is 0 Å². The van der Waals surface area contributed by atoms with E-state index in [1.165, 1.54) is 12.1 Å². The summed E-state index contributed by atoms with van der Waals surface area (Å²) in [7, 11) is 0. The number of halogens is 2. The van der Waals surface area contributed by atoms with Gasteiger partial charge in [-0.3, -0.25) is 24.1 Å². The van der Waals surface area contributed by atoms with E-state index in [1.807, 2.05) is 36.4 Å². The molecule has 4 heterocycles. The summed E-state index contributed by atoms with van der Waals surface area (Å²) in [5.74, 6) is -2.07. The molecule has 3 aliphatic rings. The molecule has 3 fully saturated rings. The first-order valence-corrected chi connectivity index (χ1v) is 21.2. The van der Waals surface area contributed by atoms with Gasteiger partial charge in [0, 0.05) is 69.9 Å². The predicted octanol–water partition coefficient (Wildman–Crippen LogP) is 5.67. The average Bonchev–Trinajstić information content (AvgIpc) is 3.28. The van der Waals surface area contributed by atoms with E-state index in [-0.39, 0.29) is 47.0 Å². The summed E-state index contributed by atoms with van der Waals surface area (Å²) in [6.45, 7) is 5.96.